The van der Waals surface area contributed by atoms with Crippen LogP contribution in [-0.4, -0.2) is 30.5 Å². The average Bonchev–Trinajstić information content (AvgIpc) is 2.47. The zero-order valence-corrected chi connectivity index (χ0v) is 8.82. The summed E-state index contributed by atoms with van der Waals surface area (Å²) in [4.78, 5) is 13.1. The quantitative estimate of drug-likeness (QED) is 0.594. The van der Waals surface area contributed by atoms with E-state index in [0.29, 0.717) is 6.04 Å². The van der Waals surface area contributed by atoms with E-state index in [4.69, 9.17) is 4.74 Å². The van der Waals surface area contributed by atoms with Crippen LogP contribution in [0, 0.1) is 5.92 Å². The van der Waals surface area contributed by atoms with Crippen molar-refractivity contribution in [3.63, 3.8) is 0 Å². The lowest BCUT2D eigenvalue weighted by Gasteiger charge is -2.27. The summed E-state index contributed by atoms with van der Waals surface area (Å²) >= 11 is 0. The highest BCUT2D eigenvalue weighted by atomic mass is 16.5. The fraction of sp³-hybridized carbons (Fsp3) is 0.727. The Kier molecular flexibility index (Phi) is 2.59. The first-order chi connectivity index (χ1) is 6.66. The maximum absolute atomic E-state index is 10.8. The number of esters is 1. The minimum Gasteiger partial charge on any atom is -0.432 e. The third kappa shape index (κ3) is 1.82. The molecule has 1 saturated heterocycles. The van der Waals surface area contributed by atoms with Crippen molar-refractivity contribution in [3.8, 4) is 0 Å². The lowest BCUT2D eigenvalue weighted by Crippen LogP contribution is -2.30. The minimum absolute atomic E-state index is 0.199. The fourth-order valence-corrected chi connectivity index (χ4v) is 2.50. The Labute approximate surface area is 84.7 Å². The Balaban J connectivity index is 2.07. The van der Waals surface area contributed by atoms with Gasteiger partial charge in [0.1, 0.15) is 5.76 Å². The Morgan fingerprint density at radius 1 is 1.57 bits per heavy atom. The fourth-order valence-electron chi connectivity index (χ4n) is 2.50. The normalized spacial score (nSPS) is 32.3. The smallest absolute Gasteiger partial charge is 0.307 e. The summed E-state index contributed by atoms with van der Waals surface area (Å²) in [6, 6.07) is 0.498. The van der Waals surface area contributed by atoms with Gasteiger partial charge in [-0.2, -0.15) is 0 Å². The summed E-state index contributed by atoms with van der Waals surface area (Å²) < 4.78 is 5.14. The van der Waals surface area contributed by atoms with Gasteiger partial charge in [-0.3, -0.25) is 9.69 Å². The molecule has 0 spiro atoms. The summed E-state index contributed by atoms with van der Waals surface area (Å²) in [6.45, 7) is 2.63. The molecule has 0 saturated carbocycles. The minimum atomic E-state index is -0.199. The molecule has 2 rings (SSSR count). The van der Waals surface area contributed by atoms with Gasteiger partial charge < -0.3 is 4.74 Å². The zero-order chi connectivity index (χ0) is 10.1. The Morgan fingerprint density at radius 3 is 3.07 bits per heavy atom. The molecular formula is C11H17NO2. The number of ether oxygens (including phenoxy) is 1. The number of hydrogen-bond donors (Lipinski definition) is 0. The third-order valence-corrected chi connectivity index (χ3v) is 3.24. The SMILES string of the molecule is CC(=O)OC1=CC2[C@@H](CC1)CCN2C. The summed E-state index contributed by atoms with van der Waals surface area (Å²) in [5.41, 5.74) is 0. The van der Waals surface area contributed by atoms with E-state index in [0.717, 1.165) is 24.5 Å². The average molecular weight is 195 g/mol. The summed E-state index contributed by atoms with van der Waals surface area (Å²) in [5.74, 6) is 1.45. The van der Waals surface area contributed by atoms with Gasteiger partial charge in [0, 0.05) is 19.4 Å². The van der Waals surface area contributed by atoms with Crippen LogP contribution in [-0.2, 0) is 9.53 Å². The molecule has 1 aliphatic carbocycles. The van der Waals surface area contributed by atoms with Gasteiger partial charge in [-0.25, -0.2) is 0 Å². The highest BCUT2D eigenvalue weighted by molar-refractivity contribution is 5.67. The van der Waals surface area contributed by atoms with E-state index in [2.05, 4.69) is 18.0 Å². The first kappa shape index (κ1) is 9.71. The molecule has 0 radical (unpaired) electrons. The van der Waals surface area contributed by atoms with Crippen molar-refractivity contribution in [2.45, 2.75) is 32.2 Å². The first-order valence-corrected chi connectivity index (χ1v) is 5.26. The number of nitrogens with zero attached hydrogens (tertiary/aromatic N) is 1. The second-order valence-electron chi connectivity index (χ2n) is 4.29. The number of rotatable bonds is 1. The lowest BCUT2D eigenvalue weighted by molar-refractivity contribution is -0.137. The van der Waals surface area contributed by atoms with E-state index in [1.54, 1.807) is 0 Å². The Bertz CT molecular complexity index is 272. The lowest BCUT2D eigenvalue weighted by atomic mass is 9.89. The number of likely N-dealkylation sites (tertiary alicyclic amines) is 1. The van der Waals surface area contributed by atoms with Crippen molar-refractivity contribution in [1.82, 2.24) is 4.90 Å². The van der Waals surface area contributed by atoms with Crippen molar-refractivity contribution >= 4 is 5.97 Å². The number of carbonyl (C=O) groups excluding carboxylic acids is 1. The zero-order valence-electron chi connectivity index (χ0n) is 8.82. The number of likely N-dealkylation sites (N-methyl/N-ethyl adjacent to an activating group) is 1. The van der Waals surface area contributed by atoms with E-state index in [9.17, 15) is 4.79 Å². The predicted molar refractivity (Wildman–Crippen MR) is 53.6 cm³/mol. The predicted octanol–water partition coefficient (Wildman–Crippen LogP) is 1.55. The standard InChI is InChI=1S/C11H17NO2/c1-8(13)14-10-4-3-9-5-6-12(2)11(9)7-10/h7,9,11H,3-6H2,1-2H3/t9-,11?/m0/s1. The van der Waals surface area contributed by atoms with Crippen molar-refractivity contribution < 1.29 is 9.53 Å². The molecular weight excluding hydrogens is 178 g/mol. The van der Waals surface area contributed by atoms with E-state index < -0.39 is 0 Å². The van der Waals surface area contributed by atoms with Crippen LogP contribution in [0.4, 0.5) is 0 Å². The Morgan fingerprint density at radius 2 is 2.36 bits per heavy atom. The van der Waals surface area contributed by atoms with Crippen LogP contribution >= 0.6 is 0 Å². The highest BCUT2D eigenvalue weighted by Gasteiger charge is 2.33. The molecule has 0 bridgehead atoms. The molecule has 2 atom stereocenters. The highest BCUT2D eigenvalue weighted by Crippen LogP contribution is 2.34. The van der Waals surface area contributed by atoms with Crippen LogP contribution in [0.1, 0.15) is 26.2 Å². The summed E-state index contributed by atoms with van der Waals surface area (Å²) in [7, 11) is 2.14. The van der Waals surface area contributed by atoms with E-state index in [-0.39, 0.29) is 5.97 Å². The van der Waals surface area contributed by atoms with Crippen LogP contribution < -0.4 is 0 Å². The second-order valence-corrected chi connectivity index (χ2v) is 4.29. The molecule has 3 heteroatoms. The largest absolute Gasteiger partial charge is 0.432 e. The maximum atomic E-state index is 10.8. The first-order valence-electron chi connectivity index (χ1n) is 5.26. The Hall–Kier alpha value is -0.830. The molecule has 3 nitrogen and oxygen atoms in total. The monoisotopic (exact) mass is 195 g/mol. The van der Waals surface area contributed by atoms with Gasteiger partial charge in [0.15, 0.2) is 0 Å². The number of allylic oxidation sites excluding steroid dienone is 1. The molecule has 0 aromatic heterocycles. The summed E-state index contributed by atoms with van der Waals surface area (Å²) in [6.07, 6.45) is 5.50. The molecule has 0 aromatic carbocycles. The van der Waals surface area contributed by atoms with Crippen molar-refractivity contribution in [2.75, 3.05) is 13.6 Å². The molecule has 2 aliphatic rings. The van der Waals surface area contributed by atoms with Crippen LogP contribution in [0.15, 0.2) is 11.8 Å². The number of carbonyl (C=O) groups is 1. The molecule has 1 fully saturated rings. The maximum Gasteiger partial charge on any atom is 0.307 e. The van der Waals surface area contributed by atoms with Crippen LogP contribution in [0.25, 0.3) is 0 Å². The van der Waals surface area contributed by atoms with Gasteiger partial charge in [-0.1, -0.05) is 0 Å². The van der Waals surface area contributed by atoms with E-state index in [1.807, 2.05) is 0 Å². The van der Waals surface area contributed by atoms with Crippen LogP contribution in [0.3, 0.4) is 0 Å². The molecule has 1 unspecified atom stereocenters. The topological polar surface area (TPSA) is 29.5 Å². The molecule has 0 aromatic rings. The molecule has 1 heterocycles. The van der Waals surface area contributed by atoms with Crippen LogP contribution in [0.2, 0.25) is 0 Å². The molecule has 0 amide bonds. The van der Waals surface area contributed by atoms with Crippen LogP contribution in [0.5, 0.6) is 0 Å². The second kappa shape index (κ2) is 3.73. The van der Waals surface area contributed by atoms with Gasteiger partial charge in [0.25, 0.3) is 0 Å². The third-order valence-electron chi connectivity index (χ3n) is 3.24. The van der Waals surface area contributed by atoms with Gasteiger partial charge >= 0.3 is 5.97 Å². The number of fused-ring (bicyclic) bond motifs is 1. The van der Waals surface area contributed by atoms with Gasteiger partial charge in [-0.05, 0) is 38.4 Å². The molecule has 1 aliphatic heterocycles. The van der Waals surface area contributed by atoms with Crippen molar-refractivity contribution in [3.05, 3.63) is 11.8 Å². The molecule has 78 valence electrons. The van der Waals surface area contributed by atoms with Crippen molar-refractivity contribution in [2.24, 2.45) is 5.92 Å². The van der Waals surface area contributed by atoms with E-state index >= 15 is 0 Å². The van der Waals surface area contributed by atoms with Gasteiger partial charge in [0.05, 0.1) is 0 Å². The van der Waals surface area contributed by atoms with E-state index in [1.165, 1.54) is 19.9 Å². The van der Waals surface area contributed by atoms with Gasteiger partial charge in [-0.15, -0.1) is 0 Å². The summed E-state index contributed by atoms with van der Waals surface area (Å²) in [5, 5.41) is 0. The number of hydrogen-bond acceptors (Lipinski definition) is 3. The van der Waals surface area contributed by atoms with Crippen molar-refractivity contribution in [1.29, 1.82) is 0 Å². The van der Waals surface area contributed by atoms with Gasteiger partial charge in [0.2, 0.25) is 0 Å². The molecule has 0 N–H and O–H groups in total. The molecule has 14 heavy (non-hydrogen) atoms.